The van der Waals surface area contributed by atoms with Gasteiger partial charge in [-0.15, -0.1) is 0 Å². The van der Waals surface area contributed by atoms with E-state index in [1.54, 1.807) is 0 Å². The van der Waals surface area contributed by atoms with Gasteiger partial charge in [0.15, 0.2) is 0 Å². The minimum Gasteiger partial charge on any atom is -0.378 e. The first-order valence-corrected chi connectivity index (χ1v) is 6.83. The molecule has 0 aromatic heterocycles. The predicted molar refractivity (Wildman–Crippen MR) is 69.0 cm³/mol. The number of rotatable bonds is 6. The largest absolute Gasteiger partial charge is 0.378 e. The molecule has 100 valence electrons. The Balaban J connectivity index is 2.27. The first-order valence-electron chi connectivity index (χ1n) is 6.83. The number of carbonyl (C=O) groups excluding carboxylic acids is 1. The zero-order valence-electron chi connectivity index (χ0n) is 11.4. The van der Waals surface area contributed by atoms with E-state index in [2.05, 4.69) is 12.2 Å². The molecule has 17 heavy (non-hydrogen) atoms. The van der Waals surface area contributed by atoms with Crippen molar-refractivity contribution < 1.29 is 9.53 Å². The minimum atomic E-state index is 0.203. The topological polar surface area (TPSA) is 41.6 Å². The number of hydrogen-bond donors (Lipinski definition) is 1. The lowest BCUT2D eigenvalue weighted by molar-refractivity contribution is -0.130. The summed E-state index contributed by atoms with van der Waals surface area (Å²) in [6.07, 6.45) is 3.47. The molecule has 0 bridgehead atoms. The van der Waals surface area contributed by atoms with Crippen LogP contribution in [0.2, 0.25) is 0 Å². The smallest absolute Gasteiger partial charge is 0.236 e. The van der Waals surface area contributed by atoms with E-state index in [1.807, 2.05) is 18.7 Å². The molecular formula is C13H26N2O2. The Kier molecular flexibility index (Phi) is 6.52. The van der Waals surface area contributed by atoms with Gasteiger partial charge in [-0.2, -0.15) is 0 Å². The third-order valence-electron chi connectivity index (χ3n) is 3.48. The van der Waals surface area contributed by atoms with Crippen molar-refractivity contribution in [3.05, 3.63) is 0 Å². The van der Waals surface area contributed by atoms with Crippen LogP contribution in [-0.2, 0) is 9.53 Å². The summed E-state index contributed by atoms with van der Waals surface area (Å²) in [5, 5.41) is 3.36. The van der Waals surface area contributed by atoms with Gasteiger partial charge in [0, 0.05) is 25.7 Å². The quantitative estimate of drug-likeness (QED) is 0.765. The van der Waals surface area contributed by atoms with Gasteiger partial charge in [0.25, 0.3) is 0 Å². The predicted octanol–water partition coefficient (Wildman–Crippen LogP) is 1.40. The fourth-order valence-electron chi connectivity index (χ4n) is 2.27. The van der Waals surface area contributed by atoms with Gasteiger partial charge in [-0.3, -0.25) is 4.79 Å². The van der Waals surface area contributed by atoms with Crippen LogP contribution in [0.3, 0.4) is 0 Å². The molecular weight excluding hydrogens is 216 g/mol. The molecule has 4 nitrogen and oxygen atoms in total. The highest BCUT2D eigenvalue weighted by Gasteiger charge is 2.21. The standard InChI is InChI=1S/C13H26N2O2/c1-4-12-9-11(7-8-17-12)14-10-13(16)15(5-2)6-3/h11-12,14H,4-10H2,1-3H3. The number of hydrogen-bond acceptors (Lipinski definition) is 3. The number of likely N-dealkylation sites (N-methyl/N-ethyl adjacent to an activating group) is 1. The molecule has 1 fully saturated rings. The van der Waals surface area contributed by atoms with Gasteiger partial charge in [0.1, 0.15) is 0 Å². The highest BCUT2D eigenvalue weighted by molar-refractivity contribution is 5.78. The van der Waals surface area contributed by atoms with Gasteiger partial charge in [-0.05, 0) is 33.1 Å². The van der Waals surface area contributed by atoms with Crippen molar-refractivity contribution in [1.82, 2.24) is 10.2 Å². The van der Waals surface area contributed by atoms with Crippen LogP contribution in [0.4, 0.5) is 0 Å². The van der Waals surface area contributed by atoms with Crippen LogP contribution in [0.25, 0.3) is 0 Å². The van der Waals surface area contributed by atoms with Crippen LogP contribution in [0.5, 0.6) is 0 Å². The Morgan fingerprint density at radius 2 is 2.06 bits per heavy atom. The van der Waals surface area contributed by atoms with Crippen LogP contribution < -0.4 is 5.32 Å². The molecule has 1 saturated heterocycles. The van der Waals surface area contributed by atoms with E-state index >= 15 is 0 Å². The van der Waals surface area contributed by atoms with Crippen LogP contribution in [0.15, 0.2) is 0 Å². The summed E-state index contributed by atoms with van der Waals surface area (Å²) in [4.78, 5) is 13.7. The van der Waals surface area contributed by atoms with Crippen molar-refractivity contribution >= 4 is 5.91 Å². The summed E-state index contributed by atoms with van der Waals surface area (Å²) in [6.45, 7) is 9.04. The van der Waals surface area contributed by atoms with Crippen LogP contribution in [0.1, 0.15) is 40.0 Å². The molecule has 0 saturated carbocycles. The molecule has 0 spiro atoms. The first kappa shape index (κ1) is 14.5. The number of ether oxygens (including phenoxy) is 1. The third kappa shape index (κ3) is 4.64. The number of amides is 1. The first-order chi connectivity index (χ1) is 8.21. The van der Waals surface area contributed by atoms with Gasteiger partial charge in [-0.25, -0.2) is 0 Å². The van der Waals surface area contributed by atoms with Gasteiger partial charge >= 0.3 is 0 Å². The summed E-state index contributed by atoms with van der Waals surface area (Å²) >= 11 is 0. The average Bonchev–Trinajstić information content (AvgIpc) is 2.38. The summed E-state index contributed by atoms with van der Waals surface area (Å²) < 4.78 is 5.62. The summed E-state index contributed by atoms with van der Waals surface area (Å²) in [5.41, 5.74) is 0. The van der Waals surface area contributed by atoms with E-state index < -0.39 is 0 Å². The molecule has 1 aliphatic heterocycles. The monoisotopic (exact) mass is 242 g/mol. The molecule has 2 atom stereocenters. The van der Waals surface area contributed by atoms with E-state index in [-0.39, 0.29) is 5.91 Å². The molecule has 1 N–H and O–H groups in total. The molecule has 1 amide bonds. The Hall–Kier alpha value is -0.610. The molecule has 1 heterocycles. The fourth-order valence-corrected chi connectivity index (χ4v) is 2.27. The van der Waals surface area contributed by atoms with Crippen LogP contribution in [0, 0.1) is 0 Å². The second kappa shape index (κ2) is 7.67. The second-order valence-corrected chi connectivity index (χ2v) is 4.57. The Bertz CT molecular complexity index is 229. The maximum Gasteiger partial charge on any atom is 0.236 e. The van der Waals surface area contributed by atoms with Crippen LogP contribution >= 0.6 is 0 Å². The maximum absolute atomic E-state index is 11.8. The Morgan fingerprint density at radius 3 is 2.65 bits per heavy atom. The number of nitrogens with zero attached hydrogens (tertiary/aromatic N) is 1. The van der Waals surface area contributed by atoms with Crippen molar-refractivity contribution in [3.8, 4) is 0 Å². The maximum atomic E-state index is 11.8. The number of carbonyl (C=O) groups is 1. The Morgan fingerprint density at radius 1 is 1.35 bits per heavy atom. The van der Waals surface area contributed by atoms with Gasteiger partial charge in [0.2, 0.25) is 5.91 Å². The molecule has 0 aliphatic carbocycles. The zero-order valence-corrected chi connectivity index (χ0v) is 11.4. The van der Waals surface area contributed by atoms with Crippen LogP contribution in [-0.4, -0.2) is 49.2 Å². The van der Waals surface area contributed by atoms with E-state index in [0.717, 1.165) is 39.0 Å². The van der Waals surface area contributed by atoms with Crippen molar-refractivity contribution in [3.63, 3.8) is 0 Å². The van der Waals surface area contributed by atoms with E-state index in [4.69, 9.17) is 4.74 Å². The molecule has 1 rings (SSSR count). The minimum absolute atomic E-state index is 0.203. The number of nitrogens with one attached hydrogen (secondary N) is 1. The third-order valence-corrected chi connectivity index (χ3v) is 3.48. The molecule has 0 aromatic rings. The van der Waals surface area contributed by atoms with Crippen molar-refractivity contribution in [2.75, 3.05) is 26.2 Å². The van der Waals surface area contributed by atoms with E-state index in [0.29, 0.717) is 18.7 Å². The molecule has 4 heteroatoms. The fraction of sp³-hybridized carbons (Fsp3) is 0.923. The van der Waals surface area contributed by atoms with Gasteiger partial charge in [-0.1, -0.05) is 6.92 Å². The Labute approximate surface area is 105 Å². The van der Waals surface area contributed by atoms with Crippen molar-refractivity contribution in [1.29, 1.82) is 0 Å². The van der Waals surface area contributed by atoms with Gasteiger partial charge in [0.05, 0.1) is 12.6 Å². The molecule has 0 aromatic carbocycles. The molecule has 2 unspecified atom stereocenters. The molecule has 0 radical (unpaired) electrons. The normalized spacial score (nSPS) is 24.6. The lowest BCUT2D eigenvalue weighted by Gasteiger charge is -2.30. The van der Waals surface area contributed by atoms with Crippen molar-refractivity contribution in [2.24, 2.45) is 0 Å². The summed E-state index contributed by atoms with van der Waals surface area (Å²) in [5.74, 6) is 0.203. The zero-order chi connectivity index (χ0) is 12.7. The summed E-state index contributed by atoms with van der Waals surface area (Å²) in [6, 6.07) is 0.438. The van der Waals surface area contributed by atoms with Gasteiger partial charge < -0.3 is 15.0 Å². The SMILES string of the molecule is CCC1CC(NCC(=O)N(CC)CC)CCO1. The highest BCUT2D eigenvalue weighted by atomic mass is 16.5. The second-order valence-electron chi connectivity index (χ2n) is 4.57. The average molecular weight is 242 g/mol. The van der Waals surface area contributed by atoms with E-state index in [9.17, 15) is 4.79 Å². The lowest BCUT2D eigenvalue weighted by Crippen LogP contribution is -2.44. The lowest BCUT2D eigenvalue weighted by atomic mass is 10.0. The summed E-state index contributed by atoms with van der Waals surface area (Å²) in [7, 11) is 0. The van der Waals surface area contributed by atoms with E-state index in [1.165, 1.54) is 0 Å². The molecule has 1 aliphatic rings. The van der Waals surface area contributed by atoms with Crippen molar-refractivity contribution in [2.45, 2.75) is 52.2 Å². The highest BCUT2D eigenvalue weighted by Crippen LogP contribution is 2.15.